The molecule has 12 rings (SSSR count). The number of benzene rings is 6. The van der Waals surface area contributed by atoms with E-state index < -0.39 is 50.6 Å². The molecule has 6 atom stereocenters. The average molecular weight is 1000 g/mol. The van der Waals surface area contributed by atoms with E-state index in [0.29, 0.717) is 68.0 Å². The van der Waals surface area contributed by atoms with Crippen molar-refractivity contribution in [3.63, 3.8) is 0 Å². The zero-order chi connectivity index (χ0) is 59.7. The number of piperidine rings is 3. The van der Waals surface area contributed by atoms with Crippen molar-refractivity contribution >= 4 is 0 Å². The molecule has 0 amide bonds. The van der Waals surface area contributed by atoms with Crippen LogP contribution in [0.4, 0.5) is 13.2 Å². The van der Waals surface area contributed by atoms with Gasteiger partial charge in [0, 0.05) is 55.6 Å². The van der Waals surface area contributed by atoms with Crippen molar-refractivity contribution in [1.29, 1.82) is 0 Å². The van der Waals surface area contributed by atoms with E-state index in [1.807, 2.05) is 12.1 Å². The molecule has 6 aromatic carbocycles. The smallest absolute Gasteiger partial charge is 0.231 e. The van der Waals surface area contributed by atoms with Gasteiger partial charge in [-0.3, -0.25) is 0 Å². The Kier molecular flexibility index (Phi) is 11.9. The molecule has 3 fully saturated rings. The highest BCUT2D eigenvalue weighted by atomic mass is 19.1. The fourth-order valence-corrected chi connectivity index (χ4v) is 9.39. The van der Waals surface area contributed by atoms with Crippen molar-refractivity contribution in [2.75, 3.05) is 79.3 Å². The minimum atomic E-state index is -2.25. The minimum absolute atomic E-state index is 0.125. The van der Waals surface area contributed by atoms with Crippen LogP contribution in [0.15, 0.2) is 127 Å². The van der Waals surface area contributed by atoms with Gasteiger partial charge in [-0.15, -0.1) is 0 Å². The Morgan fingerprint density at radius 2 is 0.819 bits per heavy atom. The zero-order valence-corrected chi connectivity index (χ0v) is 38.9. The Balaban J connectivity index is 0.000000141. The van der Waals surface area contributed by atoms with Crippen molar-refractivity contribution in [3.05, 3.63) is 161 Å². The maximum absolute atomic E-state index is 13.9. The second-order valence-electron chi connectivity index (χ2n) is 17.8. The summed E-state index contributed by atoms with van der Waals surface area (Å²) in [6.45, 7) is -3.82. The van der Waals surface area contributed by atoms with E-state index in [4.69, 9.17) is 59.1 Å². The maximum Gasteiger partial charge on any atom is 0.231 e. The summed E-state index contributed by atoms with van der Waals surface area (Å²) in [5.41, 5.74) is 2.21. The van der Waals surface area contributed by atoms with Gasteiger partial charge in [0.05, 0.1) is 28.0 Å². The Labute approximate surface area is 434 Å². The Bertz CT molecular complexity index is 3290. The Morgan fingerprint density at radius 1 is 0.444 bits per heavy atom. The van der Waals surface area contributed by atoms with E-state index in [9.17, 15) is 13.2 Å². The second-order valence-corrected chi connectivity index (χ2v) is 17.8. The van der Waals surface area contributed by atoms with Gasteiger partial charge in [0.25, 0.3) is 0 Å². The fraction of sp³-hybridized carbons (Fsp3) is 0.368. The van der Waals surface area contributed by atoms with Gasteiger partial charge >= 0.3 is 0 Å². The van der Waals surface area contributed by atoms with Crippen LogP contribution in [0.3, 0.4) is 0 Å². The molecule has 15 heteroatoms. The van der Waals surface area contributed by atoms with E-state index in [0.717, 1.165) is 37.2 Å². The molecule has 3 N–H and O–H groups in total. The first-order chi connectivity index (χ1) is 39.9. The van der Waals surface area contributed by atoms with Crippen LogP contribution in [0.5, 0.6) is 51.7 Å². The van der Waals surface area contributed by atoms with E-state index in [-0.39, 0.29) is 88.3 Å². The third-order valence-corrected chi connectivity index (χ3v) is 13.2. The highest BCUT2D eigenvalue weighted by Crippen LogP contribution is 2.40. The molecular formula is C57H60F3N3O9. The standard InChI is InChI=1S/3C19H20FNO3/c3*20-15-3-1-13(2-4-15)17-7-8-21-10-14(17)11-22-16-5-6-18-19(9-16)24-12-23-18/h3*1-6,9,14,17,21H,7-8,10-12H2/t3*14-,17-/m000/s1/i1D,2D,3D,4D,12D2;11D2,12D2;12D2. The lowest BCUT2D eigenvalue weighted by Gasteiger charge is -2.32. The van der Waals surface area contributed by atoms with Crippen LogP contribution in [-0.2, 0) is 0 Å². The summed E-state index contributed by atoms with van der Waals surface area (Å²) in [5, 5.41) is 9.83. The van der Waals surface area contributed by atoms with E-state index >= 15 is 0 Å². The first-order valence-electron chi connectivity index (χ1n) is 29.8. The molecule has 6 aliphatic rings. The van der Waals surface area contributed by atoms with Gasteiger partial charge < -0.3 is 58.6 Å². The molecule has 6 aromatic rings. The number of fused-ring (bicyclic) bond motifs is 3. The van der Waals surface area contributed by atoms with Gasteiger partial charge in [-0.05, 0) is 146 Å². The SMILES string of the molecule is [2H]C1([2H])Oc2ccc(OC([2H])([2H])[C@@H]3CNCC[C@H]3c3ccc(F)cc3)cc2O1.[2H]C1([2H])Oc2ccc(OC[C@@H]3CNCC[C@H]3c3ccc(F)cc3)cc2O1.[2H]c1c([2H])c([C@@H]2CCNC[C@H]2COc2ccc3c(c2)OC([2H])([2H])O3)c([2H])c([2H])c1F. The minimum Gasteiger partial charge on any atom is -0.493 e. The van der Waals surface area contributed by atoms with Gasteiger partial charge in [-0.25, -0.2) is 13.2 Å². The molecule has 0 aliphatic carbocycles. The third kappa shape index (κ3) is 12.4. The first kappa shape index (κ1) is 36.2. The number of hydrogen-bond donors (Lipinski definition) is 3. The molecule has 0 aromatic heterocycles. The summed E-state index contributed by atoms with van der Waals surface area (Å²) in [6.07, 6.45) is 2.25. The van der Waals surface area contributed by atoms with Crippen molar-refractivity contribution in [3.8, 4) is 51.7 Å². The van der Waals surface area contributed by atoms with Crippen molar-refractivity contribution in [2.45, 2.75) is 37.0 Å². The van der Waals surface area contributed by atoms with Crippen LogP contribution in [0.2, 0.25) is 0 Å². The van der Waals surface area contributed by atoms with Gasteiger partial charge in [0.15, 0.2) is 34.5 Å². The van der Waals surface area contributed by atoms with Crippen LogP contribution in [0, 0.1) is 35.2 Å². The lowest BCUT2D eigenvalue weighted by atomic mass is 9.81. The third-order valence-electron chi connectivity index (χ3n) is 13.2. The van der Waals surface area contributed by atoms with Gasteiger partial charge in [0.2, 0.25) is 20.2 Å². The summed E-state index contributed by atoms with van der Waals surface area (Å²) in [7, 11) is 0. The van der Waals surface area contributed by atoms with E-state index in [2.05, 4.69) is 16.0 Å². The summed E-state index contributed by atoms with van der Waals surface area (Å²) < 4.78 is 182. The largest absolute Gasteiger partial charge is 0.493 e. The van der Waals surface area contributed by atoms with Crippen molar-refractivity contribution in [2.24, 2.45) is 17.8 Å². The zero-order valence-electron chi connectivity index (χ0n) is 50.9. The predicted molar refractivity (Wildman–Crippen MR) is 265 cm³/mol. The molecule has 0 spiro atoms. The molecule has 0 radical (unpaired) electrons. The monoisotopic (exact) mass is 1000 g/mol. The summed E-state index contributed by atoms with van der Waals surface area (Å²) in [4.78, 5) is 0. The Morgan fingerprint density at radius 3 is 1.26 bits per heavy atom. The lowest BCUT2D eigenvalue weighted by Crippen LogP contribution is -2.38. The van der Waals surface area contributed by atoms with Gasteiger partial charge in [0.1, 0.15) is 42.9 Å². The van der Waals surface area contributed by atoms with Crippen LogP contribution < -0.4 is 58.6 Å². The quantitative estimate of drug-likeness (QED) is 0.108. The topological polar surface area (TPSA) is 119 Å². The molecule has 72 heavy (non-hydrogen) atoms. The highest BCUT2D eigenvalue weighted by Gasteiger charge is 2.30. The fourth-order valence-electron chi connectivity index (χ4n) is 9.39. The molecule has 6 aliphatic heterocycles. The molecular weight excluding hydrogens is 928 g/mol. The number of rotatable bonds is 12. The Hall–Kier alpha value is -6.81. The summed E-state index contributed by atoms with van der Waals surface area (Å²) >= 11 is 0. The van der Waals surface area contributed by atoms with Crippen LogP contribution in [0.1, 0.15) is 70.2 Å². The number of ether oxygens (including phenoxy) is 9. The predicted octanol–water partition coefficient (Wildman–Crippen LogP) is 9.98. The van der Waals surface area contributed by atoms with Crippen molar-refractivity contribution < 1.29 is 72.3 Å². The van der Waals surface area contributed by atoms with Crippen LogP contribution >= 0.6 is 0 Å². The normalized spacial score (nSPS) is 27.1. The maximum atomic E-state index is 13.9. The molecule has 0 saturated carbocycles. The number of hydrogen-bond acceptors (Lipinski definition) is 12. The molecule has 3 saturated heterocycles. The molecule has 0 unspecified atom stereocenters. The van der Waals surface area contributed by atoms with Gasteiger partial charge in [-0.2, -0.15) is 0 Å². The molecule has 378 valence electrons. The molecule has 6 heterocycles. The van der Waals surface area contributed by atoms with Crippen LogP contribution in [0.25, 0.3) is 0 Å². The average Bonchev–Trinajstić information content (AvgIpc) is 1.92. The highest BCUT2D eigenvalue weighted by molar-refractivity contribution is 5.48. The molecule has 12 nitrogen and oxygen atoms in total. The van der Waals surface area contributed by atoms with E-state index in [1.54, 1.807) is 42.5 Å². The number of halogens is 3. The van der Waals surface area contributed by atoms with Crippen molar-refractivity contribution in [1.82, 2.24) is 16.0 Å². The lowest BCUT2D eigenvalue weighted by molar-refractivity contribution is 0.173. The second kappa shape index (κ2) is 23.6. The molecule has 0 bridgehead atoms. The van der Waals surface area contributed by atoms with E-state index in [1.165, 1.54) is 48.5 Å². The number of nitrogens with one attached hydrogen (secondary N) is 3. The van der Waals surface area contributed by atoms with Crippen LogP contribution in [-0.4, -0.2) is 79.3 Å². The first-order valence-corrected chi connectivity index (χ1v) is 23.8. The van der Waals surface area contributed by atoms with Gasteiger partial charge in [-0.1, -0.05) is 36.4 Å². The summed E-state index contributed by atoms with van der Waals surface area (Å²) in [5.74, 6) is 0.617. The summed E-state index contributed by atoms with van der Waals surface area (Å²) in [6, 6.07) is 25.0.